The molecule has 1 amide bonds. The number of nitrogens with one attached hydrogen (secondary N) is 1. The van der Waals surface area contributed by atoms with Gasteiger partial charge >= 0.3 is 6.09 Å². The number of carbonyl (C=O) groups is 1. The van der Waals surface area contributed by atoms with Crippen LogP contribution in [0, 0.1) is 0 Å². The van der Waals surface area contributed by atoms with Crippen LogP contribution >= 0.6 is 0 Å². The summed E-state index contributed by atoms with van der Waals surface area (Å²) in [7, 11) is 0. The lowest BCUT2D eigenvalue weighted by atomic mass is 9.82. The van der Waals surface area contributed by atoms with Gasteiger partial charge in [-0.25, -0.2) is 4.79 Å². The number of alkyl carbamates (subject to hydrolysis) is 1. The minimum atomic E-state index is -0.493. The van der Waals surface area contributed by atoms with Gasteiger partial charge in [-0.2, -0.15) is 0 Å². The molecule has 0 saturated heterocycles. The molecular weight excluding hydrogens is 276 g/mol. The van der Waals surface area contributed by atoms with E-state index >= 15 is 0 Å². The Morgan fingerprint density at radius 2 is 1.77 bits per heavy atom. The number of nitrogens with two attached hydrogens (primary N) is 1. The van der Waals surface area contributed by atoms with Gasteiger partial charge < -0.3 is 15.8 Å². The number of amides is 1. The van der Waals surface area contributed by atoms with Crippen LogP contribution in [-0.2, 0) is 16.6 Å². The largest absolute Gasteiger partial charge is 0.444 e. The molecule has 0 spiro atoms. The van der Waals surface area contributed by atoms with E-state index in [0.29, 0.717) is 6.54 Å². The molecule has 1 aromatic carbocycles. The molecule has 0 bridgehead atoms. The molecule has 0 radical (unpaired) electrons. The van der Waals surface area contributed by atoms with Gasteiger partial charge in [-0.1, -0.05) is 45.0 Å². The minimum absolute atomic E-state index is 0.0783. The average Bonchev–Trinajstić information content (AvgIpc) is 2.34. The quantitative estimate of drug-likeness (QED) is 0.896. The summed E-state index contributed by atoms with van der Waals surface area (Å²) in [5.41, 5.74) is 8.27. The highest BCUT2D eigenvalue weighted by Crippen LogP contribution is 2.26. The molecule has 3 N–H and O–H groups in total. The molecule has 0 saturated carbocycles. The molecule has 0 aliphatic heterocycles. The first-order valence-corrected chi connectivity index (χ1v) is 7.80. The molecule has 0 aromatic heterocycles. The Balaban J connectivity index is 2.60. The summed E-state index contributed by atoms with van der Waals surface area (Å²) < 4.78 is 5.21. The smallest absolute Gasteiger partial charge is 0.407 e. The van der Waals surface area contributed by atoms with Gasteiger partial charge in [0.15, 0.2) is 0 Å². The van der Waals surface area contributed by atoms with E-state index in [2.05, 4.69) is 44.3 Å². The SMILES string of the molecule is CC(C)(C)OC(=O)NCC(N)Cc1ccccc1C(C)(C)C. The first-order valence-electron chi connectivity index (χ1n) is 7.80. The van der Waals surface area contributed by atoms with Crippen molar-refractivity contribution in [1.82, 2.24) is 5.32 Å². The predicted molar refractivity (Wildman–Crippen MR) is 91.1 cm³/mol. The summed E-state index contributed by atoms with van der Waals surface area (Å²) in [4.78, 5) is 11.7. The van der Waals surface area contributed by atoms with Crippen molar-refractivity contribution in [3.63, 3.8) is 0 Å². The molecule has 22 heavy (non-hydrogen) atoms. The highest BCUT2D eigenvalue weighted by atomic mass is 16.6. The maximum absolute atomic E-state index is 11.7. The molecule has 0 aliphatic rings. The summed E-state index contributed by atoms with van der Waals surface area (Å²) >= 11 is 0. The van der Waals surface area contributed by atoms with Crippen molar-refractivity contribution in [3.05, 3.63) is 35.4 Å². The van der Waals surface area contributed by atoms with E-state index in [9.17, 15) is 4.79 Å². The summed E-state index contributed by atoms with van der Waals surface area (Å²) in [6.07, 6.45) is 0.301. The van der Waals surface area contributed by atoms with Crippen molar-refractivity contribution in [2.75, 3.05) is 6.54 Å². The molecular formula is C18H30N2O2. The zero-order valence-corrected chi connectivity index (χ0v) is 14.7. The first-order chi connectivity index (χ1) is 9.99. The van der Waals surface area contributed by atoms with Crippen LogP contribution < -0.4 is 11.1 Å². The third-order valence-corrected chi connectivity index (χ3v) is 3.21. The molecule has 1 unspecified atom stereocenters. The minimum Gasteiger partial charge on any atom is -0.444 e. The monoisotopic (exact) mass is 306 g/mol. The summed E-state index contributed by atoms with van der Waals surface area (Å²) in [6, 6.07) is 8.18. The van der Waals surface area contributed by atoms with Crippen LogP contribution in [0.4, 0.5) is 4.79 Å². The second-order valence-corrected chi connectivity index (χ2v) is 7.75. The number of hydrogen-bond acceptors (Lipinski definition) is 3. The molecule has 4 heteroatoms. The fraction of sp³-hybridized carbons (Fsp3) is 0.611. The zero-order valence-electron chi connectivity index (χ0n) is 14.7. The first kappa shape index (κ1) is 18.5. The summed E-state index contributed by atoms with van der Waals surface area (Å²) in [5.74, 6) is 0. The van der Waals surface area contributed by atoms with Crippen LogP contribution in [-0.4, -0.2) is 24.3 Å². The Kier molecular flexibility index (Phi) is 6.00. The maximum Gasteiger partial charge on any atom is 0.407 e. The second-order valence-electron chi connectivity index (χ2n) is 7.75. The van der Waals surface area contributed by atoms with Crippen LogP contribution in [0.5, 0.6) is 0 Å². The summed E-state index contributed by atoms with van der Waals surface area (Å²) in [6.45, 7) is 12.5. The van der Waals surface area contributed by atoms with Gasteiger partial charge in [0.1, 0.15) is 5.60 Å². The van der Waals surface area contributed by atoms with E-state index in [0.717, 1.165) is 6.42 Å². The number of benzene rings is 1. The Morgan fingerprint density at radius 1 is 1.18 bits per heavy atom. The second kappa shape index (κ2) is 7.14. The Hall–Kier alpha value is -1.55. The molecule has 4 nitrogen and oxygen atoms in total. The highest BCUT2D eigenvalue weighted by molar-refractivity contribution is 5.67. The standard InChI is InChI=1S/C18H30N2O2/c1-17(2,3)15-10-8-7-9-13(15)11-14(19)12-20-16(21)22-18(4,5)6/h7-10,14H,11-12,19H2,1-6H3,(H,20,21). The molecule has 1 atom stereocenters. The zero-order chi connectivity index (χ0) is 17.0. The lowest BCUT2D eigenvalue weighted by molar-refractivity contribution is 0.0524. The average molecular weight is 306 g/mol. The molecule has 124 valence electrons. The molecule has 0 heterocycles. The fourth-order valence-electron chi connectivity index (χ4n) is 2.31. The topological polar surface area (TPSA) is 64.3 Å². The van der Waals surface area contributed by atoms with Crippen LogP contribution in [0.1, 0.15) is 52.7 Å². The molecule has 0 fully saturated rings. The van der Waals surface area contributed by atoms with E-state index in [1.54, 1.807) is 0 Å². The van der Waals surface area contributed by atoms with Gasteiger partial charge in [-0.05, 0) is 43.7 Å². The van der Waals surface area contributed by atoms with Gasteiger partial charge in [-0.15, -0.1) is 0 Å². The van der Waals surface area contributed by atoms with Gasteiger partial charge in [-0.3, -0.25) is 0 Å². The maximum atomic E-state index is 11.7. The van der Waals surface area contributed by atoms with E-state index < -0.39 is 11.7 Å². The Bertz CT molecular complexity index is 499. The normalized spacial score (nSPS) is 13.6. The van der Waals surface area contributed by atoms with Crippen molar-refractivity contribution in [3.8, 4) is 0 Å². The lowest BCUT2D eigenvalue weighted by Crippen LogP contribution is -2.41. The third kappa shape index (κ3) is 6.48. The van der Waals surface area contributed by atoms with Crippen molar-refractivity contribution >= 4 is 6.09 Å². The predicted octanol–water partition coefficient (Wildman–Crippen LogP) is 3.38. The van der Waals surface area contributed by atoms with Crippen molar-refractivity contribution < 1.29 is 9.53 Å². The van der Waals surface area contributed by atoms with Crippen LogP contribution in [0.15, 0.2) is 24.3 Å². The Morgan fingerprint density at radius 3 is 2.32 bits per heavy atom. The van der Waals surface area contributed by atoms with Gasteiger partial charge in [0.25, 0.3) is 0 Å². The fourth-order valence-corrected chi connectivity index (χ4v) is 2.31. The van der Waals surface area contributed by atoms with Gasteiger partial charge in [0.05, 0.1) is 0 Å². The number of ether oxygens (including phenoxy) is 1. The molecule has 0 aliphatic carbocycles. The van der Waals surface area contributed by atoms with Gasteiger partial charge in [0, 0.05) is 12.6 Å². The van der Waals surface area contributed by atoms with Crippen molar-refractivity contribution in [2.24, 2.45) is 5.73 Å². The summed E-state index contributed by atoms with van der Waals surface area (Å²) in [5, 5.41) is 2.73. The number of hydrogen-bond donors (Lipinski definition) is 2. The number of carbonyl (C=O) groups excluding carboxylic acids is 1. The van der Waals surface area contributed by atoms with Crippen LogP contribution in [0.2, 0.25) is 0 Å². The third-order valence-electron chi connectivity index (χ3n) is 3.21. The van der Waals surface area contributed by atoms with E-state index in [-0.39, 0.29) is 11.5 Å². The van der Waals surface area contributed by atoms with E-state index in [1.165, 1.54) is 11.1 Å². The van der Waals surface area contributed by atoms with Crippen molar-refractivity contribution in [1.29, 1.82) is 0 Å². The highest BCUT2D eigenvalue weighted by Gasteiger charge is 2.20. The molecule has 1 aromatic rings. The number of rotatable bonds is 4. The van der Waals surface area contributed by atoms with Crippen LogP contribution in [0.25, 0.3) is 0 Å². The lowest BCUT2D eigenvalue weighted by Gasteiger charge is -2.25. The van der Waals surface area contributed by atoms with E-state index in [1.807, 2.05) is 26.8 Å². The van der Waals surface area contributed by atoms with Crippen molar-refractivity contribution in [2.45, 2.75) is 65.0 Å². The van der Waals surface area contributed by atoms with Gasteiger partial charge in [0.2, 0.25) is 0 Å². The van der Waals surface area contributed by atoms with E-state index in [4.69, 9.17) is 10.5 Å². The Labute approximate surface area is 134 Å². The molecule has 1 rings (SSSR count). The van der Waals surface area contributed by atoms with Crippen LogP contribution in [0.3, 0.4) is 0 Å².